The Morgan fingerprint density at radius 2 is 1.72 bits per heavy atom. The van der Waals surface area contributed by atoms with Crippen LogP contribution in [0.1, 0.15) is 89.4 Å². The van der Waals surface area contributed by atoms with Crippen LogP contribution in [0.15, 0.2) is 12.1 Å². The van der Waals surface area contributed by atoms with Crippen LogP contribution in [-0.2, 0) is 4.79 Å². The predicted molar refractivity (Wildman–Crippen MR) is 138 cm³/mol. The molecule has 0 aromatic heterocycles. The fourth-order valence-corrected chi connectivity index (χ4v) is 6.38. The van der Waals surface area contributed by atoms with Gasteiger partial charge in [-0.2, -0.15) is 0 Å². The van der Waals surface area contributed by atoms with Gasteiger partial charge in [0.1, 0.15) is 5.75 Å². The lowest BCUT2D eigenvalue weighted by molar-refractivity contribution is -0.127. The Hall–Kier alpha value is -2.31. The number of amides is 2. The predicted octanol–water partition coefficient (Wildman–Crippen LogP) is 5.49. The van der Waals surface area contributed by atoms with Crippen LogP contribution in [0.2, 0.25) is 0 Å². The first-order valence-electron chi connectivity index (χ1n) is 13.7. The van der Waals surface area contributed by atoms with Crippen LogP contribution in [0.25, 0.3) is 0 Å². The first-order valence-corrected chi connectivity index (χ1v) is 13.7. The molecule has 3 aliphatic rings. The van der Waals surface area contributed by atoms with Crippen molar-refractivity contribution in [2.24, 2.45) is 29.1 Å². The van der Waals surface area contributed by atoms with Gasteiger partial charge >= 0.3 is 0 Å². The van der Waals surface area contributed by atoms with E-state index in [-0.39, 0.29) is 64.2 Å². The van der Waals surface area contributed by atoms with Gasteiger partial charge in [-0.05, 0) is 74.2 Å². The van der Waals surface area contributed by atoms with E-state index in [0.717, 1.165) is 51.4 Å². The molecule has 4 atom stereocenters. The van der Waals surface area contributed by atoms with Crippen LogP contribution in [0, 0.1) is 34.9 Å². The van der Waals surface area contributed by atoms with E-state index >= 15 is 0 Å². The smallest absolute Gasteiger partial charge is 0.255 e. The fourth-order valence-electron chi connectivity index (χ4n) is 6.38. The van der Waals surface area contributed by atoms with Crippen LogP contribution in [0.4, 0.5) is 4.39 Å². The van der Waals surface area contributed by atoms with Crippen molar-refractivity contribution < 1.29 is 23.5 Å². The van der Waals surface area contributed by atoms with Gasteiger partial charge < -0.3 is 20.1 Å². The summed E-state index contributed by atoms with van der Waals surface area (Å²) < 4.78 is 26.3. The Bertz CT molecular complexity index is 951. The molecule has 6 nitrogen and oxygen atoms in total. The number of carbonyl (C=O) groups excluding carboxylic acids is 2. The summed E-state index contributed by atoms with van der Waals surface area (Å²) in [7, 11) is 1.43. The van der Waals surface area contributed by atoms with Crippen molar-refractivity contribution in [3.63, 3.8) is 0 Å². The molecular formula is C29H43FN2O4. The zero-order valence-electron chi connectivity index (χ0n) is 22.5. The number of benzene rings is 1. The third-order valence-electron chi connectivity index (χ3n) is 8.47. The van der Waals surface area contributed by atoms with Gasteiger partial charge in [-0.15, -0.1) is 0 Å². The Kier molecular flexibility index (Phi) is 8.15. The average Bonchev–Trinajstić information content (AvgIpc) is 3.45. The Morgan fingerprint density at radius 3 is 2.36 bits per heavy atom. The van der Waals surface area contributed by atoms with Gasteiger partial charge in [-0.3, -0.25) is 9.59 Å². The van der Waals surface area contributed by atoms with E-state index in [1.54, 1.807) is 0 Å². The quantitative estimate of drug-likeness (QED) is 0.493. The fraction of sp³-hybridized carbons (Fsp3) is 0.724. The third-order valence-corrected chi connectivity index (χ3v) is 8.47. The summed E-state index contributed by atoms with van der Waals surface area (Å²) in [6, 6.07) is 2.47. The van der Waals surface area contributed by atoms with Crippen molar-refractivity contribution in [2.75, 3.05) is 13.7 Å². The minimum atomic E-state index is -0.527. The van der Waals surface area contributed by atoms with Crippen LogP contribution in [-0.4, -0.2) is 37.6 Å². The van der Waals surface area contributed by atoms with E-state index in [1.807, 2.05) is 0 Å². The highest BCUT2D eigenvalue weighted by molar-refractivity contribution is 5.98. The number of ether oxygens (including phenoxy) is 2. The molecule has 0 saturated heterocycles. The van der Waals surface area contributed by atoms with Gasteiger partial charge in [-0.1, -0.05) is 34.1 Å². The van der Waals surface area contributed by atoms with E-state index in [4.69, 9.17) is 9.47 Å². The highest BCUT2D eigenvalue weighted by atomic mass is 19.1. The van der Waals surface area contributed by atoms with Crippen molar-refractivity contribution in [3.8, 4) is 11.5 Å². The average molecular weight is 503 g/mol. The second-order valence-electron chi connectivity index (χ2n) is 12.3. The first kappa shape index (κ1) is 26.7. The molecule has 4 rings (SSSR count). The lowest BCUT2D eigenvalue weighted by Crippen LogP contribution is -2.50. The molecule has 0 radical (unpaired) electrons. The van der Waals surface area contributed by atoms with E-state index in [1.165, 1.54) is 19.2 Å². The molecule has 36 heavy (non-hydrogen) atoms. The number of fused-ring (bicyclic) bond motifs is 2. The summed E-state index contributed by atoms with van der Waals surface area (Å²) in [6.07, 6.45) is 8.03. The van der Waals surface area contributed by atoms with Gasteiger partial charge in [0.2, 0.25) is 5.91 Å². The van der Waals surface area contributed by atoms with Crippen LogP contribution in [0.3, 0.4) is 0 Å². The van der Waals surface area contributed by atoms with E-state index < -0.39 is 5.82 Å². The number of rotatable bonds is 8. The van der Waals surface area contributed by atoms with Gasteiger partial charge in [0.15, 0.2) is 11.6 Å². The second-order valence-corrected chi connectivity index (χ2v) is 12.3. The molecule has 1 aromatic rings. The van der Waals surface area contributed by atoms with Gasteiger partial charge in [0.25, 0.3) is 5.91 Å². The summed E-state index contributed by atoms with van der Waals surface area (Å²) in [5.41, 5.74) is 0.229. The van der Waals surface area contributed by atoms with Crippen molar-refractivity contribution in [3.05, 3.63) is 23.5 Å². The van der Waals surface area contributed by atoms with Gasteiger partial charge in [-0.25, -0.2) is 4.39 Å². The van der Waals surface area contributed by atoms with Crippen molar-refractivity contribution in [1.29, 1.82) is 0 Å². The molecule has 0 heterocycles. The molecule has 1 aromatic carbocycles. The maximum Gasteiger partial charge on any atom is 0.255 e. The summed E-state index contributed by atoms with van der Waals surface area (Å²) in [6.45, 7) is 9.05. The van der Waals surface area contributed by atoms with E-state index in [9.17, 15) is 14.0 Å². The Balaban J connectivity index is 1.48. The van der Waals surface area contributed by atoms with E-state index in [2.05, 4.69) is 38.3 Å². The van der Waals surface area contributed by atoms with Gasteiger partial charge in [0.05, 0.1) is 24.7 Å². The summed E-state index contributed by atoms with van der Waals surface area (Å²) in [4.78, 5) is 26.6. The molecule has 3 fully saturated rings. The SMILES string of the molecule is CC[C@H]1CC[C@H](Oc2cc(C(=O)N[C@@H]3[C@H]4CC[C@H](C4)[C@@H]3C(=O)NCC(C)(C)C)c(OC)cc2F)CC1. The molecule has 2 N–H and O–H groups in total. The van der Waals surface area contributed by atoms with E-state index in [0.29, 0.717) is 12.5 Å². The summed E-state index contributed by atoms with van der Waals surface area (Å²) in [5.74, 6) is 0.427. The zero-order valence-corrected chi connectivity index (χ0v) is 22.5. The highest BCUT2D eigenvalue weighted by Crippen LogP contribution is 2.49. The first-order chi connectivity index (χ1) is 17.1. The zero-order chi connectivity index (χ0) is 26.0. The maximum absolute atomic E-state index is 14.9. The Morgan fingerprint density at radius 1 is 1.03 bits per heavy atom. The minimum Gasteiger partial charge on any atom is -0.496 e. The largest absolute Gasteiger partial charge is 0.496 e. The minimum absolute atomic E-state index is 0.0141. The lowest BCUT2D eigenvalue weighted by Gasteiger charge is -2.32. The molecule has 3 saturated carbocycles. The third kappa shape index (κ3) is 5.97. The number of methoxy groups -OCH3 is 1. The molecule has 0 unspecified atom stereocenters. The van der Waals surface area contributed by atoms with Crippen molar-refractivity contribution >= 4 is 11.8 Å². The topological polar surface area (TPSA) is 76.7 Å². The van der Waals surface area contributed by atoms with Crippen LogP contribution < -0.4 is 20.1 Å². The maximum atomic E-state index is 14.9. The molecule has 0 aliphatic heterocycles. The summed E-state index contributed by atoms with van der Waals surface area (Å²) in [5, 5.41) is 6.24. The molecular weight excluding hydrogens is 459 g/mol. The molecule has 200 valence electrons. The van der Waals surface area contributed by atoms with Gasteiger partial charge in [0, 0.05) is 18.7 Å². The Labute approximate surface area is 215 Å². The molecule has 7 heteroatoms. The molecule has 2 bridgehead atoms. The monoisotopic (exact) mass is 502 g/mol. The number of hydrogen-bond acceptors (Lipinski definition) is 4. The van der Waals surface area contributed by atoms with Crippen LogP contribution in [0.5, 0.6) is 11.5 Å². The molecule has 2 amide bonds. The number of carbonyl (C=O) groups is 2. The van der Waals surface area contributed by atoms with Crippen molar-refractivity contribution in [2.45, 2.75) is 91.2 Å². The standard InChI is InChI=1S/C29H43FN2O4/c1-6-17-7-11-20(12-8-17)36-24-14-21(23(35-5)15-22(24)30)27(33)32-26-19-10-9-18(13-19)25(26)28(34)31-16-29(2,3)4/h14-15,17-20,25-26H,6-13,16H2,1-5H3,(H,31,34)(H,32,33)/t17-,18-,19+,20-,25+,26-/m1/s1. The number of nitrogens with one attached hydrogen (secondary N) is 2. The normalized spacial score (nSPS) is 29.6. The highest BCUT2D eigenvalue weighted by Gasteiger charge is 2.51. The number of hydrogen-bond donors (Lipinski definition) is 2. The molecule has 3 aliphatic carbocycles. The second kappa shape index (κ2) is 11.0. The lowest BCUT2D eigenvalue weighted by atomic mass is 9.83. The van der Waals surface area contributed by atoms with Crippen LogP contribution >= 0.6 is 0 Å². The summed E-state index contributed by atoms with van der Waals surface area (Å²) >= 11 is 0. The van der Waals surface area contributed by atoms with Crippen molar-refractivity contribution in [1.82, 2.24) is 10.6 Å². The molecule has 0 spiro atoms. The number of halogens is 1.